The molecule has 0 aliphatic carbocycles. The zero-order valence-electron chi connectivity index (χ0n) is 7.80. The summed E-state index contributed by atoms with van der Waals surface area (Å²) in [6.07, 6.45) is -2.76. The fraction of sp³-hybridized carbons (Fsp3) is 0.333. The Labute approximate surface area is 93.8 Å². The van der Waals surface area contributed by atoms with Crippen molar-refractivity contribution in [2.45, 2.75) is 11.8 Å². The van der Waals surface area contributed by atoms with Gasteiger partial charge in [-0.15, -0.1) is 0 Å². The molecule has 0 unspecified atom stereocenters. The van der Waals surface area contributed by atoms with Crippen molar-refractivity contribution in [1.29, 1.82) is 5.26 Å². The number of methoxy groups -OCH3 is 1. The molecule has 1 heterocycles. The Bertz CT molecular complexity index is 404. The van der Waals surface area contributed by atoms with E-state index in [0.717, 1.165) is 0 Å². The van der Waals surface area contributed by atoms with E-state index in [1.54, 1.807) is 6.07 Å². The van der Waals surface area contributed by atoms with Crippen molar-refractivity contribution in [3.05, 3.63) is 23.0 Å². The minimum atomic E-state index is -2.76. The summed E-state index contributed by atoms with van der Waals surface area (Å²) in [7, 11) is 1.29. The van der Waals surface area contributed by atoms with Crippen LogP contribution in [0.1, 0.15) is 23.4 Å². The molecule has 0 N–H and O–H groups in total. The van der Waals surface area contributed by atoms with Gasteiger partial charge in [-0.1, -0.05) is 15.9 Å². The first-order valence-electron chi connectivity index (χ1n) is 3.96. The van der Waals surface area contributed by atoms with Gasteiger partial charge in [0.05, 0.1) is 7.11 Å². The molecule has 0 spiro atoms. The van der Waals surface area contributed by atoms with Gasteiger partial charge in [-0.25, -0.2) is 13.8 Å². The van der Waals surface area contributed by atoms with E-state index in [1.807, 2.05) is 0 Å². The topological polar surface area (TPSA) is 45.9 Å². The second kappa shape index (κ2) is 5.03. The molecule has 80 valence electrons. The van der Waals surface area contributed by atoms with Gasteiger partial charge in [0.1, 0.15) is 23.2 Å². The minimum Gasteiger partial charge on any atom is -0.494 e. The molecule has 0 bridgehead atoms. The van der Waals surface area contributed by atoms with Gasteiger partial charge in [0, 0.05) is 10.9 Å². The van der Waals surface area contributed by atoms with Gasteiger partial charge < -0.3 is 4.74 Å². The lowest BCUT2D eigenvalue weighted by Gasteiger charge is -2.10. The number of pyridine rings is 1. The van der Waals surface area contributed by atoms with Crippen LogP contribution in [0.3, 0.4) is 0 Å². The molecule has 0 aliphatic rings. The second-order valence-corrected chi connectivity index (χ2v) is 3.19. The fourth-order valence-electron chi connectivity index (χ4n) is 1.15. The van der Waals surface area contributed by atoms with Crippen molar-refractivity contribution in [1.82, 2.24) is 4.98 Å². The largest absolute Gasteiger partial charge is 0.494 e. The normalized spacial score (nSPS) is 10.1. The molecule has 0 fully saturated rings. The van der Waals surface area contributed by atoms with Gasteiger partial charge in [0.25, 0.3) is 6.43 Å². The van der Waals surface area contributed by atoms with Gasteiger partial charge in [0.15, 0.2) is 0 Å². The summed E-state index contributed by atoms with van der Waals surface area (Å²) in [4.78, 5) is 3.51. The lowest BCUT2D eigenvalue weighted by molar-refractivity contribution is 0.141. The number of ether oxygens (including phenoxy) is 1. The van der Waals surface area contributed by atoms with Crippen molar-refractivity contribution in [2.24, 2.45) is 0 Å². The molecule has 0 radical (unpaired) electrons. The van der Waals surface area contributed by atoms with E-state index in [9.17, 15) is 8.78 Å². The summed E-state index contributed by atoms with van der Waals surface area (Å²) in [5.41, 5.74) is -0.0501. The standard InChI is InChI=1S/C9H7BrF2N2O/c1-15-8-5(3-10)2-6(4-13)14-7(8)9(11)12/h2,9H,3H2,1H3. The third-order valence-corrected chi connectivity index (χ3v) is 2.35. The first kappa shape index (κ1) is 11.9. The Balaban J connectivity index is 3.40. The molecule has 15 heavy (non-hydrogen) atoms. The van der Waals surface area contributed by atoms with Crippen LogP contribution in [0.5, 0.6) is 5.75 Å². The molecule has 1 rings (SSSR count). The third-order valence-electron chi connectivity index (χ3n) is 1.75. The summed E-state index contributed by atoms with van der Waals surface area (Å²) in [6, 6.07) is 3.14. The minimum absolute atomic E-state index is 0.0286. The molecular weight excluding hydrogens is 270 g/mol. The van der Waals surface area contributed by atoms with E-state index in [2.05, 4.69) is 20.9 Å². The van der Waals surface area contributed by atoms with Gasteiger partial charge in [0.2, 0.25) is 0 Å². The molecule has 6 heteroatoms. The predicted molar refractivity (Wildman–Crippen MR) is 53.1 cm³/mol. The van der Waals surface area contributed by atoms with Crippen LogP contribution in [-0.2, 0) is 5.33 Å². The first-order chi connectivity index (χ1) is 7.13. The lowest BCUT2D eigenvalue weighted by Crippen LogP contribution is -2.02. The fourth-order valence-corrected chi connectivity index (χ4v) is 1.56. The second-order valence-electron chi connectivity index (χ2n) is 2.63. The average molecular weight is 277 g/mol. The number of nitriles is 1. The predicted octanol–water partition coefficient (Wildman–Crippen LogP) is 2.79. The third kappa shape index (κ3) is 2.42. The van der Waals surface area contributed by atoms with E-state index in [4.69, 9.17) is 10.00 Å². The molecule has 0 aromatic carbocycles. The Hall–Kier alpha value is -1.22. The molecule has 3 nitrogen and oxygen atoms in total. The SMILES string of the molecule is COc1c(CBr)cc(C#N)nc1C(F)F. The van der Waals surface area contributed by atoms with Crippen LogP contribution in [-0.4, -0.2) is 12.1 Å². The molecule has 0 amide bonds. The van der Waals surface area contributed by atoms with E-state index in [-0.39, 0.29) is 11.4 Å². The van der Waals surface area contributed by atoms with Crippen molar-refractivity contribution in [2.75, 3.05) is 7.11 Å². The van der Waals surface area contributed by atoms with Crippen LogP contribution in [0, 0.1) is 11.3 Å². The van der Waals surface area contributed by atoms with E-state index in [1.165, 1.54) is 13.2 Å². The van der Waals surface area contributed by atoms with E-state index >= 15 is 0 Å². The number of rotatable bonds is 3. The van der Waals surface area contributed by atoms with Crippen LogP contribution in [0.15, 0.2) is 6.07 Å². The summed E-state index contributed by atoms with van der Waals surface area (Å²) in [6.45, 7) is 0. The van der Waals surface area contributed by atoms with Gasteiger partial charge in [-0.05, 0) is 6.07 Å². The lowest BCUT2D eigenvalue weighted by atomic mass is 10.2. The summed E-state index contributed by atoms with van der Waals surface area (Å²) in [5.74, 6) is 0.0286. The summed E-state index contributed by atoms with van der Waals surface area (Å²) >= 11 is 3.13. The molecule has 0 saturated carbocycles. The molecule has 0 atom stereocenters. The van der Waals surface area contributed by atoms with Crippen LogP contribution < -0.4 is 4.74 Å². The maximum Gasteiger partial charge on any atom is 0.284 e. The number of hydrogen-bond acceptors (Lipinski definition) is 3. The quantitative estimate of drug-likeness (QED) is 0.798. The molecule has 0 saturated heterocycles. The highest BCUT2D eigenvalue weighted by Gasteiger charge is 2.20. The van der Waals surface area contributed by atoms with Crippen LogP contribution in [0.4, 0.5) is 8.78 Å². The van der Waals surface area contributed by atoms with Crippen LogP contribution >= 0.6 is 15.9 Å². The Morgan fingerprint density at radius 1 is 1.67 bits per heavy atom. The highest BCUT2D eigenvalue weighted by Crippen LogP contribution is 2.32. The zero-order chi connectivity index (χ0) is 11.4. The number of alkyl halides is 3. The smallest absolute Gasteiger partial charge is 0.284 e. The number of aromatic nitrogens is 1. The summed E-state index contributed by atoms with van der Waals surface area (Å²) in [5, 5.41) is 8.94. The van der Waals surface area contributed by atoms with Crippen molar-refractivity contribution < 1.29 is 13.5 Å². The monoisotopic (exact) mass is 276 g/mol. The maximum atomic E-state index is 12.6. The van der Waals surface area contributed by atoms with Crippen LogP contribution in [0.2, 0.25) is 0 Å². The molecular formula is C9H7BrF2N2O. The van der Waals surface area contributed by atoms with Gasteiger partial charge in [-0.3, -0.25) is 0 Å². The van der Waals surface area contributed by atoms with Gasteiger partial charge >= 0.3 is 0 Å². The number of nitrogens with zero attached hydrogens (tertiary/aromatic N) is 2. The van der Waals surface area contributed by atoms with E-state index in [0.29, 0.717) is 10.9 Å². The molecule has 1 aromatic rings. The van der Waals surface area contributed by atoms with E-state index < -0.39 is 12.1 Å². The summed E-state index contributed by atoms with van der Waals surface area (Å²) < 4.78 is 30.0. The van der Waals surface area contributed by atoms with Crippen molar-refractivity contribution >= 4 is 15.9 Å². The van der Waals surface area contributed by atoms with Gasteiger partial charge in [-0.2, -0.15) is 5.26 Å². The highest BCUT2D eigenvalue weighted by molar-refractivity contribution is 9.08. The highest BCUT2D eigenvalue weighted by atomic mass is 79.9. The molecule has 0 aliphatic heterocycles. The van der Waals surface area contributed by atoms with Crippen molar-refractivity contribution in [3.63, 3.8) is 0 Å². The zero-order valence-corrected chi connectivity index (χ0v) is 9.38. The molecule has 1 aromatic heterocycles. The van der Waals surface area contributed by atoms with Crippen molar-refractivity contribution in [3.8, 4) is 11.8 Å². The Morgan fingerprint density at radius 3 is 2.73 bits per heavy atom. The number of halogens is 3. The first-order valence-corrected chi connectivity index (χ1v) is 5.08. The average Bonchev–Trinajstić information content (AvgIpc) is 2.26. The Kier molecular flexibility index (Phi) is 3.97. The Morgan fingerprint density at radius 2 is 2.33 bits per heavy atom. The van der Waals surface area contributed by atoms with Crippen LogP contribution in [0.25, 0.3) is 0 Å². The maximum absolute atomic E-state index is 12.6. The number of hydrogen-bond donors (Lipinski definition) is 0.